The number of carbonyl (C=O) groups excluding carboxylic acids is 1. The Labute approximate surface area is 207 Å². The van der Waals surface area contributed by atoms with Crippen molar-refractivity contribution in [3.05, 3.63) is 112 Å². The Morgan fingerprint density at radius 1 is 1.00 bits per heavy atom. The molecule has 1 heterocycles. The summed E-state index contributed by atoms with van der Waals surface area (Å²) in [7, 11) is 0. The molecular formula is C28H23ClINO. The summed E-state index contributed by atoms with van der Waals surface area (Å²) in [5.74, 6) is 0.127. The van der Waals surface area contributed by atoms with E-state index in [1.165, 1.54) is 5.56 Å². The topological polar surface area (TPSA) is 30.0 Å². The molecule has 0 saturated carbocycles. The van der Waals surface area contributed by atoms with Crippen molar-refractivity contribution in [3.63, 3.8) is 0 Å². The maximum atomic E-state index is 11.9. The van der Waals surface area contributed by atoms with E-state index in [-0.39, 0.29) is 5.78 Å². The maximum absolute atomic E-state index is 11.9. The van der Waals surface area contributed by atoms with Gasteiger partial charge in [0.25, 0.3) is 0 Å². The molecular weight excluding hydrogens is 529 g/mol. The Morgan fingerprint density at radius 2 is 1.81 bits per heavy atom. The van der Waals surface area contributed by atoms with Gasteiger partial charge in [-0.25, -0.2) is 4.98 Å². The van der Waals surface area contributed by atoms with Crippen molar-refractivity contribution < 1.29 is 4.79 Å². The van der Waals surface area contributed by atoms with Gasteiger partial charge >= 0.3 is 0 Å². The number of hydrogen-bond donors (Lipinski definition) is 0. The second-order valence-corrected chi connectivity index (χ2v) is 9.74. The molecule has 0 spiro atoms. The fourth-order valence-electron chi connectivity index (χ4n) is 3.77. The number of Topliss-reactive ketones (excluding diaryl/α,β-unsaturated/α-hetero) is 1. The number of hydrogen-bond acceptors (Lipinski definition) is 2. The molecule has 0 aliphatic rings. The lowest BCUT2D eigenvalue weighted by Crippen LogP contribution is -2.01. The third-order valence-corrected chi connectivity index (χ3v) is 7.04. The Morgan fingerprint density at radius 3 is 2.66 bits per heavy atom. The molecule has 4 aromatic rings. The minimum atomic E-state index is 0.127. The fraction of sp³-hybridized carbons (Fsp3) is 0.143. The average Bonchev–Trinajstić information content (AvgIpc) is 2.81. The van der Waals surface area contributed by atoms with Crippen LogP contribution in [0.15, 0.2) is 78.9 Å². The van der Waals surface area contributed by atoms with Gasteiger partial charge in [-0.15, -0.1) is 0 Å². The summed E-state index contributed by atoms with van der Waals surface area (Å²) in [5.41, 5.74) is 6.17. The van der Waals surface area contributed by atoms with E-state index >= 15 is 0 Å². The van der Waals surface area contributed by atoms with Gasteiger partial charge in [-0.3, -0.25) is 4.79 Å². The van der Waals surface area contributed by atoms with Gasteiger partial charge in [0.15, 0.2) is 5.78 Å². The first-order valence-corrected chi connectivity index (χ1v) is 12.2. The molecule has 0 radical (unpaired) electrons. The van der Waals surface area contributed by atoms with Crippen molar-refractivity contribution in [2.24, 2.45) is 0 Å². The second-order valence-electron chi connectivity index (χ2n) is 7.80. The Bertz CT molecular complexity index is 1300. The third kappa shape index (κ3) is 5.64. The number of alkyl halides is 1. The highest BCUT2D eigenvalue weighted by atomic mass is 127. The van der Waals surface area contributed by atoms with Crippen molar-refractivity contribution in [1.29, 1.82) is 0 Å². The molecule has 0 amide bonds. The number of ketones is 1. The van der Waals surface area contributed by atoms with Crippen LogP contribution >= 0.6 is 34.2 Å². The molecule has 2 nitrogen and oxygen atoms in total. The highest BCUT2D eigenvalue weighted by molar-refractivity contribution is 14.1. The number of aryl methyl sites for hydroxylation is 1. The largest absolute Gasteiger partial charge is 0.295 e. The number of fused-ring (bicyclic) bond motifs is 1. The lowest BCUT2D eigenvalue weighted by molar-refractivity contribution is 0.101. The van der Waals surface area contributed by atoms with E-state index in [1.54, 1.807) is 6.92 Å². The minimum absolute atomic E-state index is 0.127. The number of benzene rings is 3. The molecule has 32 heavy (non-hydrogen) atoms. The number of nitrogens with zero attached hydrogens (tertiary/aromatic N) is 1. The molecule has 0 saturated heterocycles. The summed E-state index contributed by atoms with van der Waals surface area (Å²) in [6, 6.07) is 26.3. The van der Waals surface area contributed by atoms with E-state index < -0.39 is 0 Å². The lowest BCUT2D eigenvalue weighted by atomic mass is 9.97. The average molecular weight is 552 g/mol. The number of rotatable bonds is 7. The van der Waals surface area contributed by atoms with Crippen LogP contribution in [-0.2, 0) is 6.42 Å². The van der Waals surface area contributed by atoms with Crippen LogP contribution < -0.4 is 0 Å². The summed E-state index contributed by atoms with van der Waals surface area (Å²) < 4.78 is 0.363. The van der Waals surface area contributed by atoms with Crippen LogP contribution in [0, 0.1) is 0 Å². The van der Waals surface area contributed by atoms with Crippen molar-refractivity contribution in [1.82, 2.24) is 4.98 Å². The van der Waals surface area contributed by atoms with Gasteiger partial charge in [0, 0.05) is 19.9 Å². The molecule has 4 heteroatoms. The molecule has 0 unspecified atom stereocenters. The predicted octanol–water partition coefficient (Wildman–Crippen LogP) is 8.37. The summed E-state index contributed by atoms with van der Waals surface area (Å²) >= 11 is 8.60. The molecule has 0 N–H and O–H groups in total. The summed E-state index contributed by atoms with van der Waals surface area (Å²) in [6.45, 7) is 1.63. The van der Waals surface area contributed by atoms with Crippen LogP contribution in [0.25, 0.3) is 23.1 Å². The van der Waals surface area contributed by atoms with Crippen molar-refractivity contribution in [3.8, 4) is 0 Å². The van der Waals surface area contributed by atoms with Gasteiger partial charge < -0.3 is 0 Å². The standard InChI is InChI=1S/C28H23ClINO/c1-19(32)26-8-3-2-6-21(26)12-16-27(30)23-7-4-5-20(17-23)9-14-25-15-11-22-10-13-24(29)18-28(22)31-25/h2-11,13-15,17-18,27H,12,16H2,1H3/b14-9+/t27-/m0/s1. The van der Waals surface area contributed by atoms with Gasteiger partial charge in [-0.05, 0) is 60.7 Å². The van der Waals surface area contributed by atoms with Crippen LogP contribution in [0.4, 0.5) is 0 Å². The highest BCUT2D eigenvalue weighted by Crippen LogP contribution is 2.30. The summed E-state index contributed by atoms with van der Waals surface area (Å²) in [5, 5.41) is 1.77. The molecule has 0 bridgehead atoms. The van der Waals surface area contributed by atoms with Crippen LogP contribution in [0.2, 0.25) is 5.02 Å². The smallest absolute Gasteiger partial charge is 0.160 e. The van der Waals surface area contributed by atoms with Crippen LogP contribution in [0.1, 0.15) is 50.0 Å². The van der Waals surface area contributed by atoms with Crippen LogP contribution in [0.3, 0.4) is 0 Å². The van der Waals surface area contributed by atoms with E-state index in [1.807, 2.05) is 48.5 Å². The maximum Gasteiger partial charge on any atom is 0.160 e. The van der Waals surface area contributed by atoms with E-state index in [4.69, 9.17) is 16.6 Å². The zero-order valence-electron chi connectivity index (χ0n) is 17.8. The van der Waals surface area contributed by atoms with Crippen LogP contribution in [-0.4, -0.2) is 10.8 Å². The van der Waals surface area contributed by atoms with E-state index in [2.05, 4.69) is 65.1 Å². The monoisotopic (exact) mass is 551 g/mol. The Hall–Kier alpha value is -2.50. The Balaban J connectivity index is 1.47. The highest BCUT2D eigenvalue weighted by Gasteiger charge is 2.11. The molecule has 0 aliphatic heterocycles. The SMILES string of the molecule is CC(=O)c1ccccc1CC[C@H](I)c1cccc(/C=C/c2ccc3ccc(Cl)cc3n2)c1. The van der Waals surface area contributed by atoms with Crippen molar-refractivity contribution in [2.45, 2.75) is 23.7 Å². The molecule has 160 valence electrons. The zero-order chi connectivity index (χ0) is 22.5. The van der Waals surface area contributed by atoms with Gasteiger partial charge in [0.2, 0.25) is 0 Å². The number of pyridine rings is 1. The number of carbonyl (C=O) groups is 1. The molecule has 4 rings (SSSR count). The van der Waals surface area contributed by atoms with E-state index in [0.29, 0.717) is 8.95 Å². The van der Waals surface area contributed by atoms with Crippen molar-refractivity contribution in [2.75, 3.05) is 0 Å². The summed E-state index contributed by atoms with van der Waals surface area (Å²) in [4.78, 5) is 16.6. The van der Waals surface area contributed by atoms with E-state index in [9.17, 15) is 4.79 Å². The first-order valence-electron chi connectivity index (χ1n) is 10.6. The fourth-order valence-corrected chi connectivity index (χ4v) is 4.63. The van der Waals surface area contributed by atoms with Crippen LogP contribution in [0.5, 0.6) is 0 Å². The molecule has 3 aromatic carbocycles. The van der Waals surface area contributed by atoms with Gasteiger partial charge in [-0.1, -0.05) is 101 Å². The van der Waals surface area contributed by atoms with Gasteiger partial charge in [0.05, 0.1) is 11.2 Å². The molecule has 0 aliphatic carbocycles. The second kappa shape index (κ2) is 10.4. The quantitative estimate of drug-likeness (QED) is 0.131. The van der Waals surface area contributed by atoms with Gasteiger partial charge in [0.1, 0.15) is 0 Å². The van der Waals surface area contributed by atoms with Gasteiger partial charge in [-0.2, -0.15) is 0 Å². The van der Waals surface area contributed by atoms with Crippen molar-refractivity contribution >= 4 is 63.0 Å². The molecule has 1 atom stereocenters. The normalized spacial score (nSPS) is 12.3. The Kier molecular flexibility index (Phi) is 7.38. The first-order chi connectivity index (χ1) is 15.5. The molecule has 1 aromatic heterocycles. The molecule has 0 fully saturated rings. The number of halogens is 2. The first kappa shape index (κ1) is 22.7. The summed E-state index contributed by atoms with van der Waals surface area (Å²) in [6.07, 6.45) is 5.99. The number of aromatic nitrogens is 1. The van der Waals surface area contributed by atoms with E-state index in [0.717, 1.165) is 46.1 Å². The lowest BCUT2D eigenvalue weighted by Gasteiger charge is -2.13. The third-order valence-electron chi connectivity index (χ3n) is 5.46. The predicted molar refractivity (Wildman–Crippen MR) is 144 cm³/mol. The zero-order valence-corrected chi connectivity index (χ0v) is 20.7. The minimum Gasteiger partial charge on any atom is -0.295 e.